The molecule has 0 unspecified atom stereocenters. The lowest BCUT2D eigenvalue weighted by Gasteiger charge is -2.06. The van der Waals surface area contributed by atoms with Crippen molar-refractivity contribution in [2.24, 2.45) is 0 Å². The maximum atomic E-state index is 11.2. The Labute approximate surface area is 164 Å². The van der Waals surface area contributed by atoms with E-state index in [2.05, 4.69) is 10.3 Å². The molecule has 0 radical (unpaired) electrons. The number of thiazole rings is 1. The van der Waals surface area contributed by atoms with Gasteiger partial charge in [-0.1, -0.05) is 29.3 Å². The Morgan fingerprint density at radius 1 is 1.23 bits per heavy atom. The molecular formula is C18H14Cl2N2O3S. The van der Waals surface area contributed by atoms with E-state index < -0.39 is 5.97 Å². The number of rotatable bonds is 6. The van der Waals surface area contributed by atoms with Gasteiger partial charge in [0.1, 0.15) is 5.75 Å². The van der Waals surface area contributed by atoms with Crippen LogP contribution in [0.4, 0.5) is 10.8 Å². The predicted molar refractivity (Wildman–Crippen MR) is 105 cm³/mol. The van der Waals surface area contributed by atoms with Crippen molar-refractivity contribution in [3.63, 3.8) is 0 Å². The number of carbonyl (C=O) groups is 1. The maximum Gasteiger partial charge on any atom is 0.308 e. The predicted octanol–water partition coefficient (Wildman–Crippen LogP) is 5.50. The third-order valence-corrected chi connectivity index (χ3v) is 5.36. The summed E-state index contributed by atoms with van der Waals surface area (Å²) < 4.78 is 5.16. The zero-order valence-corrected chi connectivity index (χ0v) is 16.0. The summed E-state index contributed by atoms with van der Waals surface area (Å²) in [6, 6.07) is 12.5. The standard InChI is InChI=1S/C18H14Cl2N2O3S/c1-25-11-7-5-10(6-8-11)17-14(9-15(23)24)26-18(22-17)21-13-4-2-3-12(19)16(13)20/h2-8H,9H2,1H3,(H,21,22)(H,23,24). The first-order valence-corrected chi connectivity index (χ1v) is 9.12. The number of hydrogen-bond donors (Lipinski definition) is 2. The van der Waals surface area contributed by atoms with Crippen LogP contribution < -0.4 is 10.1 Å². The minimum Gasteiger partial charge on any atom is -0.497 e. The third kappa shape index (κ3) is 4.09. The molecule has 1 aromatic heterocycles. The van der Waals surface area contributed by atoms with Crippen molar-refractivity contribution < 1.29 is 14.6 Å². The van der Waals surface area contributed by atoms with Crippen LogP contribution in [0.15, 0.2) is 42.5 Å². The topological polar surface area (TPSA) is 71.5 Å². The number of anilines is 2. The van der Waals surface area contributed by atoms with Crippen LogP contribution >= 0.6 is 34.5 Å². The molecule has 0 saturated carbocycles. The number of nitrogens with one attached hydrogen (secondary N) is 1. The Morgan fingerprint density at radius 2 is 1.96 bits per heavy atom. The lowest BCUT2D eigenvalue weighted by Crippen LogP contribution is -1.99. The average molecular weight is 409 g/mol. The maximum absolute atomic E-state index is 11.2. The largest absolute Gasteiger partial charge is 0.497 e. The van der Waals surface area contributed by atoms with E-state index in [9.17, 15) is 9.90 Å². The highest BCUT2D eigenvalue weighted by molar-refractivity contribution is 7.16. The number of methoxy groups -OCH3 is 1. The van der Waals surface area contributed by atoms with E-state index in [4.69, 9.17) is 27.9 Å². The fourth-order valence-electron chi connectivity index (χ4n) is 2.35. The van der Waals surface area contributed by atoms with Crippen LogP contribution in [0, 0.1) is 0 Å². The SMILES string of the molecule is COc1ccc(-c2nc(Nc3cccc(Cl)c3Cl)sc2CC(=O)O)cc1. The lowest BCUT2D eigenvalue weighted by molar-refractivity contribution is -0.136. The van der Waals surface area contributed by atoms with Crippen molar-refractivity contribution in [3.05, 3.63) is 57.4 Å². The first kappa shape index (κ1) is 18.5. The highest BCUT2D eigenvalue weighted by Gasteiger charge is 2.17. The van der Waals surface area contributed by atoms with Gasteiger partial charge in [0.25, 0.3) is 0 Å². The van der Waals surface area contributed by atoms with Crippen LogP contribution in [0.3, 0.4) is 0 Å². The minimum atomic E-state index is -0.921. The monoisotopic (exact) mass is 408 g/mol. The minimum absolute atomic E-state index is 0.121. The number of benzene rings is 2. The molecule has 0 amide bonds. The second kappa shape index (κ2) is 7.95. The van der Waals surface area contributed by atoms with E-state index in [-0.39, 0.29) is 6.42 Å². The number of halogens is 2. The molecular weight excluding hydrogens is 395 g/mol. The van der Waals surface area contributed by atoms with Gasteiger partial charge in [0, 0.05) is 10.4 Å². The zero-order valence-electron chi connectivity index (χ0n) is 13.6. The molecule has 0 saturated heterocycles. The molecule has 0 aliphatic carbocycles. The Hall–Kier alpha value is -2.28. The summed E-state index contributed by atoms with van der Waals surface area (Å²) in [5.74, 6) is -0.205. The highest BCUT2D eigenvalue weighted by atomic mass is 35.5. The van der Waals surface area contributed by atoms with Gasteiger partial charge in [-0.3, -0.25) is 4.79 Å². The molecule has 0 atom stereocenters. The molecule has 0 aliphatic heterocycles. The Kier molecular flexibility index (Phi) is 5.66. The molecule has 5 nitrogen and oxygen atoms in total. The molecule has 2 aromatic carbocycles. The van der Waals surface area contributed by atoms with Crippen molar-refractivity contribution in [2.75, 3.05) is 12.4 Å². The molecule has 3 rings (SSSR count). The third-order valence-electron chi connectivity index (χ3n) is 3.57. The zero-order chi connectivity index (χ0) is 18.7. The van der Waals surface area contributed by atoms with E-state index in [1.807, 2.05) is 12.1 Å². The number of carboxylic acid groups (broad SMARTS) is 1. The molecule has 26 heavy (non-hydrogen) atoms. The van der Waals surface area contributed by atoms with Crippen molar-refractivity contribution >= 4 is 51.3 Å². The average Bonchev–Trinajstić information content (AvgIpc) is 3.00. The number of carboxylic acids is 1. The Morgan fingerprint density at radius 3 is 2.62 bits per heavy atom. The number of aromatic nitrogens is 1. The normalized spacial score (nSPS) is 10.6. The first-order valence-electron chi connectivity index (χ1n) is 7.55. The van der Waals surface area contributed by atoms with Crippen molar-refractivity contribution in [1.29, 1.82) is 0 Å². The van der Waals surface area contributed by atoms with Gasteiger partial charge < -0.3 is 15.2 Å². The first-order chi connectivity index (χ1) is 12.5. The summed E-state index contributed by atoms with van der Waals surface area (Å²) >= 11 is 13.5. The molecule has 134 valence electrons. The number of nitrogens with zero attached hydrogens (tertiary/aromatic N) is 1. The van der Waals surface area contributed by atoms with Gasteiger partial charge in [0.05, 0.1) is 35.0 Å². The van der Waals surface area contributed by atoms with Gasteiger partial charge in [0.2, 0.25) is 0 Å². The number of ether oxygens (including phenoxy) is 1. The van der Waals surface area contributed by atoms with Gasteiger partial charge in [0.15, 0.2) is 5.13 Å². The molecule has 0 fully saturated rings. The van der Waals surface area contributed by atoms with Crippen LogP contribution in [0.1, 0.15) is 4.88 Å². The molecule has 0 spiro atoms. The van der Waals surface area contributed by atoms with Crippen molar-refractivity contribution in [3.8, 4) is 17.0 Å². The summed E-state index contributed by atoms with van der Waals surface area (Å²) in [4.78, 5) is 16.4. The molecule has 0 aliphatic rings. The Bertz CT molecular complexity index is 942. The molecule has 1 heterocycles. The van der Waals surface area contributed by atoms with Crippen LogP contribution in [0.5, 0.6) is 5.75 Å². The van der Waals surface area contributed by atoms with Crippen LogP contribution in [-0.2, 0) is 11.2 Å². The van der Waals surface area contributed by atoms with E-state index in [0.29, 0.717) is 37.2 Å². The van der Waals surface area contributed by atoms with E-state index in [1.165, 1.54) is 11.3 Å². The lowest BCUT2D eigenvalue weighted by atomic mass is 10.1. The fourth-order valence-corrected chi connectivity index (χ4v) is 3.69. The summed E-state index contributed by atoms with van der Waals surface area (Å²) in [6.45, 7) is 0. The van der Waals surface area contributed by atoms with Crippen molar-refractivity contribution in [1.82, 2.24) is 4.98 Å². The summed E-state index contributed by atoms with van der Waals surface area (Å²) in [7, 11) is 1.59. The van der Waals surface area contributed by atoms with E-state index in [1.54, 1.807) is 37.4 Å². The van der Waals surface area contributed by atoms with Crippen molar-refractivity contribution in [2.45, 2.75) is 6.42 Å². The fraction of sp³-hybridized carbons (Fsp3) is 0.111. The summed E-state index contributed by atoms with van der Waals surface area (Å²) in [5.41, 5.74) is 2.03. The highest BCUT2D eigenvalue weighted by Crippen LogP contribution is 2.36. The smallest absolute Gasteiger partial charge is 0.308 e. The van der Waals surface area contributed by atoms with Gasteiger partial charge >= 0.3 is 5.97 Å². The molecule has 3 aromatic rings. The number of aliphatic carboxylic acids is 1. The van der Waals surface area contributed by atoms with Crippen LogP contribution in [0.25, 0.3) is 11.3 Å². The number of hydrogen-bond acceptors (Lipinski definition) is 5. The quantitative estimate of drug-likeness (QED) is 0.563. The van der Waals surface area contributed by atoms with Gasteiger partial charge in [-0.25, -0.2) is 4.98 Å². The van der Waals surface area contributed by atoms with Crippen LogP contribution in [-0.4, -0.2) is 23.2 Å². The van der Waals surface area contributed by atoms with E-state index >= 15 is 0 Å². The molecule has 2 N–H and O–H groups in total. The summed E-state index contributed by atoms with van der Waals surface area (Å²) in [6.07, 6.45) is -0.121. The Balaban J connectivity index is 1.98. The molecule has 0 bridgehead atoms. The second-order valence-electron chi connectivity index (χ2n) is 5.32. The summed E-state index contributed by atoms with van der Waals surface area (Å²) in [5, 5.41) is 13.7. The van der Waals surface area contributed by atoms with Crippen LogP contribution in [0.2, 0.25) is 10.0 Å². The van der Waals surface area contributed by atoms with E-state index in [0.717, 1.165) is 5.56 Å². The molecule has 8 heteroatoms. The van der Waals surface area contributed by atoms with Gasteiger partial charge in [-0.15, -0.1) is 11.3 Å². The second-order valence-corrected chi connectivity index (χ2v) is 7.18. The van der Waals surface area contributed by atoms with Gasteiger partial charge in [-0.2, -0.15) is 0 Å². The van der Waals surface area contributed by atoms with Gasteiger partial charge in [-0.05, 0) is 36.4 Å².